The number of aromatic nitrogens is 4. The number of aromatic amines is 1. The van der Waals surface area contributed by atoms with Crippen LogP contribution in [-0.2, 0) is 16.0 Å². The van der Waals surface area contributed by atoms with Crippen LogP contribution < -0.4 is 15.8 Å². The molecule has 0 aliphatic carbocycles. The van der Waals surface area contributed by atoms with Gasteiger partial charge in [0.25, 0.3) is 5.56 Å². The summed E-state index contributed by atoms with van der Waals surface area (Å²) >= 11 is 0. The highest BCUT2D eigenvalue weighted by Crippen LogP contribution is 2.26. The van der Waals surface area contributed by atoms with Crippen molar-refractivity contribution in [3.63, 3.8) is 0 Å². The molecule has 2 N–H and O–H groups in total. The number of aryl methyl sites for hydroxylation is 3. The predicted molar refractivity (Wildman–Crippen MR) is 121 cm³/mol. The van der Waals surface area contributed by atoms with E-state index in [9.17, 15) is 14.4 Å². The first-order chi connectivity index (χ1) is 15.3. The molecule has 3 heterocycles. The van der Waals surface area contributed by atoms with Crippen LogP contribution >= 0.6 is 0 Å². The van der Waals surface area contributed by atoms with Gasteiger partial charge in [0.1, 0.15) is 5.82 Å². The molecule has 1 fully saturated rings. The van der Waals surface area contributed by atoms with Crippen molar-refractivity contribution in [2.45, 2.75) is 40.0 Å². The Kier molecular flexibility index (Phi) is 5.89. The first-order valence-electron chi connectivity index (χ1n) is 10.7. The van der Waals surface area contributed by atoms with E-state index in [-0.39, 0.29) is 29.7 Å². The molecule has 0 bridgehead atoms. The SMILES string of the molecule is CCCc1cc(=O)[nH]c(-n2nc(C)cc2NC(=O)[C@H]2CC(=O)N(c3ccc(C)cc3)C2)n1. The van der Waals surface area contributed by atoms with Crippen LogP contribution in [0, 0.1) is 19.8 Å². The number of H-pyrrole nitrogens is 1. The number of amides is 2. The number of carbonyl (C=O) groups is 2. The second-order valence-corrected chi connectivity index (χ2v) is 8.12. The first kappa shape index (κ1) is 21.5. The van der Waals surface area contributed by atoms with Gasteiger partial charge in [-0.3, -0.25) is 19.4 Å². The van der Waals surface area contributed by atoms with E-state index < -0.39 is 5.92 Å². The van der Waals surface area contributed by atoms with Crippen molar-refractivity contribution >= 4 is 23.3 Å². The van der Waals surface area contributed by atoms with Gasteiger partial charge in [0, 0.05) is 36.5 Å². The summed E-state index contributed by atoms with van der Waals surface area (Å²) in [4.78, 5) is 46.4. The summed E-state index contributed by atoms with van der Waals surface area (Å²) in [5.41, 5.74) is 2.93. The van der Waals surface area contributed by atoms with Crippen molar-refractivity contribution in [3.8, 4) is 5.95 Å². The molecule has 9 nitrogen and oxygen atoms in total. The summed E-state index contributed by atoms with van der Waals surface area (Å²) in [7, 11) is 0. The molecule has 2 aromatic heterocycles. The second-order valence-electron chi connectivity index (χ2n) is 8.12. The van der Waals surface area contributed by atoms with Crippen LogP contribution in [0.5, 0.6) is 0 Å². The topological polar surface area (TPSA) is 113 Å². The van der Waals surface area contributed by atoms with E-state index in [2.05, 4.69) is 20.4 Å². The summed E-state index contributed by atoms with van der Waals surface area (Å²) in [6.45, 7) is 6.09. The van der Waals surface area contributed by atoms with Crippen LogP contribution in [0.2, 0.25) is 0 Å². The summed E-state index contributed by atoms with van der Waals surface area (Å²) in [5, 5.41) is 7.25. The molecule has 1 atom stereocenters. The Bertz CT molecular complexity index is 1210. The Balaban J connectivity index is 1.54. The zero-order chi connectivity index (χ0) is 22.8. The minimum atomic E-state index is -0.495. The van der Waals surface area contributed by atoms with Gasteiger partial charge in [0.15, 0.2) is 0 Å². The molecule has 166 valence electrons. The lowest BCUT2D eigenvalue weighted by Crippen LogP contribution is -2.29. The van der Waals surface area contributed by atoms with Crippen LogP contribution in [0.4, 0.5) is 11.5 Å². The fourth-order valence-electron chi connectivity index (χ4n) is 3.81. The zero-order valence-electron chi connectivity index (χ0n) is 18.4. The fourth-order valence-corrected chi connectivity index (χ4v) is 3.81. The summed E-state index contributed by atoms with van der Waals surface area (Å²) < 4.78 is 1.42. The number of rotatable bonds is 6. The van der Waals surface area contributed by atoms with Crippen LogP contribution in [0.3, 0.4) is 0 Å². The van der Waals surface area contributed by atoms with Crippen molar-refractivity contribution in [1.82, 2.24) is 19.7 Å². The molecular weight excluding hydrogens is 408 g/mol. The molecule has 2 amide bonds. The molecule has 4 rings (SSSR count). The van der Waals surface area contributed by atoms with Crippen LogP contribution in [0.1, 0.15) is 36.7 Å². The monoisotopic (exact) mass is 434 g/mol. The molecule has 1 aliphatic heterocycles. The summed E-state index contributed by atoms with van der Waals surface area (Å²) in [6, 6.07) is 10.8. The predicted octanol–water partition coefficient (Wildman–Crippen LogP) is 2.52. The van der Waals surface area contributed by atoms with Crippen molar-refractivity contribution in [1.29, 1.82) is 0 Å². The number of carbonyl (C=O) groups excluding carboxylic acids is 2. The van der Waals surface area contributed by atoms with Crippen LogP contribution in [0.15, 0.2) is 41.2 Å². The maximum Gasteiger partial charge on any atom is 0.252 e. The third kappa shape index (κ3) is 4.46. The third-order valence-electron chi connectivity index (χ3n) is 5.41. The molecule has 3 aromatic rings. The quantitative estimate of drug-likeness (QED) is 0.619. The number of hydrogen-bond acceptors (Lipinski definition) is 5. The minimum absolute atomic E-state index is 0.0862. The fraction of sp³-hybridized carbons (Fsp3) is 0.348. The van der Waals surface area contributed by atoms with Gasteiger partial charge in [-0.2, -0.15) is 9.78 Å². The highest BCUT2D eigenvalue weighted by atomic mass is 16.2. The normalized spacial score (nSPS) is 15.9. The average Bonchev–Trinajstić information content (AvgIpc) is 3.31. The Hall–Kier alpha value is -3.75. The second kappa shape index (κ2) is 8.78. The van der Waals surface area contributed by atoms with E-state index in [4.69, 9.17) is 0 Å². The van der Waals surface area contributed by atoms with Gasteiger partial charge in [-0.1, -0.05) is 31.0 Å². The lowest BCUT2D eigenvalue weighted by molar-refractivity contribution is -0.122. The Morgan fingerprint density at radius 3 is 2.66 bits per heavy atom. The minimum Gasteiger partial charge on any atom is -0.312 e. The highest BCUT2D eigenvalue weighted by Gasteiger charge is 2.35. The van der Waals surface area contributed by atoms with Gasteiger partial charge in [-0.15, -0.1) is 0 Å². The molecule has 1 saturated heterocycles. The van der Waals surface area contributed by atoms with E-state index in [0.29, 0.717) is 30.2 Å². The number of benzene rings is 1. The smallest absolute Gasteiger partial charge is 0.252 e. The molecule has 0 unspecified atom stereocenters. The molecule has 0 saturated carbocycles. The summed E-state index contributed by atoms with van der Waals surface area (Å²) in [5.74, 6) is -0.220. The van der Waals surface area contributed by atoms with E-state index in [1.807, 2.05) is 38.1 Å². The Morgan fingerprint density at radius 2 is 1.94 bits per heavy atom. The average molecular weight is 435 g/mol. The highest BCUT2D eigenvalue weighted by molar-refractivity contribution is 6.03. The van der Waals surface area contributed by atoms with Crippen molar-refractivity contribution < 1.29 is 9.59 Å². The van der Waals surface area contributed by atoms with Gasteiger partial charge >= 0.3 is 0 Å². The maximum absolute atomic E-state index is 13.0. The van der Waals surface area contributed by atoms with Crippen molar-refractivity contribution in [3.05, 3.63) is 63.7 Å². The van der Waals surface area contributed by atoms with Gasteiger partial charge in [0.2, 0.25) is 17.8 Å². The van der Waals surface area contributed by atoms with Crippen LogP contribution in [-0.4, -0.2) is 38.1 Å². The molecule has 32 heavy (non-hydrogen) atoms. The molecule has 0 radical (unpaired) electrons. The first-order valence-corrected chi connectivity index (χ1v) is 10.7. The third-order valence-corrected chi connectivity index (χ3v) is 5.41. The number of nitrogens with zero attached hydrogens (tertiary/aromatic N) is 4. The standard InChI is InChI=1S/C23H26N6O3/c1-4-5-17-12-20(30)26-23(24-17)29-19(10-15(3)27-29)25-22(32)16-11-21(31)28(13-16)18-8-6-14(2)7-9-18/h6-10,12,16H,4-5,11,13H2,1-3H3,(H,25,32)(H,24,26,30)/t16-/m0/s1. The number of anilines is 2. The lowest BCUT2D eigenvalue weighted by atomic mass is 10.1. The molecule has 1 aliphatic rings. The van der Waals surface area contributed by atoms with E-state index in [1.54, 1.807) is 17.9 Å². The van der Waals surface area contributed by atoms with Gasteiger partial charge in [-0.25, -0.2) is 4.98 Å². The van der Waals surface area contributed by atoms with Gasteiger partial charge in [0.05, 0.1) is 11.6 Å². The van der Waals surface area contributed by atoms with Crippen LogP contribution in [0.25, 0.3) is 5.95 Å². The number of nitrogens with one attached hydrogen (secondary N) is 2. The molecule has 9 heteroatoms. The summed E-state index contributed by atoms with van der Waals surface area (Å²) in [6.07, 6.45) is 1.65. The van der Waals surface area contributed by atoms with Gasteiger partial charge in [-0.05, 0) is 32.4 Å². The zero-order valence-corrected chi connectivity index (χ0v) is 18.4. The lowest BCUT2D eigenvalue weighted by Gasteiger charge is -2.17. The van der Waals surface area contributed by atoms with E-state index in [0.717, 1.165) is 17.7 Å². The van der Waals surface area contributed by atoms with E-state index >= 15 is 0 Å². The largest absolute Gasteiger partial charge is 0.312 e. The number of hydrogen-bond donors (Lipinski definition) is 2. The van der Waals surface area contributed by atoms with Gasteiger partial charge < -0.3 is 10.2 Å². The Morgan fingerprint density at radius 1 is 1.19 bits per heavy atom. The molecular formula is C23H26N6O3. The van der Waals surface area contributed by atoms with E-state index in [1.165, 1.54) is 10.7 Å². The molecule has 0 spiro atoms. The van der Waals surface area contributed by atoms with Crippen molar-refractivity contribution in [2.75, 3.05) is 16.8 Å². The van der Waals surface area contributed by atoms with Crippen molar-refractivity contribution in [2.24, 2.45) is 5.92 Å². The molecule has 1 aromatic carbocycles. The maximum atomic E-state index is 13.0. The Labute approximate surface area is 185 Å².